The number of rotatable bonds is 4. The van der Waals surface area contributed by atoms with Crippen molar-refractivity contribution in [2.24, 2.45) is 5.92 Å². The standard InChI is InChI=1S/C23H28N2OS2/c1-14-6-9-17-18(12-24)22(28-20(17)10-14)25-21(26)13-27-19-11-16(23(3,4)5)8-7-15(19)2/h7-8,11,14H,6,9-10,13H2,1-5H3,(H,25,26). The van der Waals surface area contributed by atoms with Gasteiger partial charge >= 0.3 is 0 Å². The fourth-order valence-electron chi connectivity index (χ4n) is 3.49. The molecule has 2 aromatic rings. The molecule has 3 nitrogen and oxygen atoms in total. The lowest BCUT2D eigenvalue weighted by molar-refractivity contribution is -0.113. The van der Waals surface area contributed by atoms with Gasteiger partial charge in [-0.3, -0.25) is 4.79 Å². The van der Waals surface area contributed by atoms with Crippen molar-refractivity contribution in [1.82, 2.24) is 0 Å². The molecule has 0 fully saturated rings. The minimum atomic E-state index is -0.0475. The van der Waals surface area contributed by atoms with Crippen molar-refractivity contribution in [3.05, 3.63) is 45.3 Å². The summed E-state index contributed by atoms with van der Waals surface area (Å²) < 4.78 is 0. The number of thiophene rings is 1. The predicted molar refractivity (Wildman–Crippen MR) is 119 cm³/mol. The molecular formula is C23H28N2OS2. The van der Waals surface area contributed by atoms with Gasteiger partial charge in [0.05, 0.1) is 11.3 Å². The fraction of sp³-hybridized carbons (Fsp3) is 0.478. The largest absolute Gasteiger partial charge is 0.316 e. The van der Waals surface area contributed by atoms with Gasteiger partial charge in [0, 0.05) is 9.77 Å². The van der Waals surface area contributed by atoms with Crippen molar-refractivity contribution in [2.75, 3.05) is 11.1 Å². The molecule has 28 heavy (non-hydrogen) atoms. The highest BCUT2D eigenvalue weighted by molar-refractivity contribution is 8.00. The first-order valence-corrected chi connectivity index (χ1v) is 11.6. The molecule has 1 N–H and O–H groups in total. The normalized spacial score (nSPS) is 16.4. The number of anilines is 1. The van der Waals surface area contributed by atoms with Gasteiger partial charge in [-0.25, -0.2) is 0 Å². The van der Waals surface area contributed by atoms with Gasteiger partial charge in [0.15, 0.2) is 0 Å². The highest BCUT2D eigenvalue weighted by Crippen LogP contribution is 2.39. The molecule has 148 valence electrons. The molecule has 0 radical (unpaired) electrons. The maximum absolute atomic E-state index is 12.6. The molecule has 0 spiro atoms. The molecule has 1 aliphatic rings. The van der Waals surface area contributed by atoms with Crippen LogP contribution in [0.2, 0.25) is 0 Å². The van der Waals surface area contributed by atoms with Crippen molar-refractivity contribution < 1.29 is 4.79 Å². The van der Waals surface area contributed by atoms with E-state index in [1.165, 1.54) is 16.0 Å². The summed E-state index contributed by atoms with van der Waals surface area (Å²) in [5, 5.41) is 13.3. The summed E-state index contributed by atoms with van der Waals surface area (Å²) in [5.74, 6) is 0.946. The van der Waals surface area contributed by atoms with E-state index in [4.69, 9.17) is 0 Å². The summed E-state index contributed by atoms with van der Waals surface area (Å²) in [6.45, 7) is 10.9. The van der Waals surface area contributed by atoms with Gasteiger partial charge in [-0.2, -0.15) is 5.26 Å². The lowest BCUT2D eigenvalue weighted by Crippen LogP contribution is -2.14. The number of nitriles is 1. The van der Waals surface area contributed by atoms with Crippen LogP contribution < -0.4 is 5.32 Å². The Labute approximate surface area is 176 Å². The van der Waals surface area contributed by atoms with E-state index in [-0.39, 0.29) is 11.3 Å². The monoisotopic (exact) mass is 412 g/mol. The molecule has 3 rings (SSSR count). The Morgan fingerprint density at radius 3 is 2.82 bits per heavy atom. The summed E-state index contributed by atoms with van der Waals surface area (Å²) >= 11 is 3.15. The number of fused-ring (bicyclic) bond motifs is 1. The minimum Gasteiger partial charge on any atom is -0.316 e. The average Bonchev–Trinajstić information content (AvgIpc) is 2.95. The summed E-state index contributed by atoms with van der Waals surface area (Å²) in [6, 6.07) is 8.80. The minimum absolute atomic E-state index is 0.0475. The molecule has 1 aromatic heterocycles. The van der Waals surface area contributed by atoms with Gasteiger partial charge in [0.1, 0.15) is 11.1 Å². The lowest BCUT2D eigenvalue weighted by Gasteiger charge is -2.20. The smallest absolute Gasteiger partial charge is 0.235 e. The topological polar surface area (TPSA) is 52.9 Å². The first-order valence-electron chi connectivity index (χ1n) is 9.77. The van der Waals surface area contributed by atoms with E-state index < -0.39 is 0 Å². The quantitative estimate of drug-likeness (QED) is 0.619. The summed E-state index contributed by atoms with van der Waals surface area (Å²) in [4.78, 5) is 15.0. The number of carbonyl (C=O) groups excluding carboxylic acids is 1. The Hall–Kier alpha value is -1.77. The van der Waals surface area contributed by atoms with Crippen LogP contribution in [0.25, 0.3) is 0 Å². The lowest BCUT2D eigenvalue weighted by atomic mass is 9.87. The van der Waals surface area contributed by atoms with Gasteiger partial charge < -0.3 is 5.32 Å². The second-order valence-electron chi connectivity index (χ2n) is 8.73. The van der Waals surface area contributed by atoms with E-state index in [9.17, 15) is 10.1 Å². The maximum Gasteiger partial charge on any atom is 0.235 e. The summed E-state index contributed by atoms with van der Waals surface area (Å²) in [6.07, 6.45) is 3.07. The molecule has 0 aliphatic heterocycles. The highest BCUT2D eigenvalue weighted by atomic mass is 32.2. The summed E-state index contributed by atoms with van der Waals surface area (Å²) in [5.41, 5.74) is 4.37. The van der Waals surface area contributed by atoms with Crippen LogP contribution in [0.4, 0.5) is 5.00 Å². The van der Waals surface area contributed by atoms with E-state index in [0.717, 1.165) is 34.7 Å². The van der Waals surface area contributed by atoms with Crippen LogP contribution in [0, 0.1) is 24.2 Å². The molecule has 0 saturated carbocycles. The van der Waals surface area contributed by atoms with Crippen LogP contribution in [0.15, 0.2) is 23.1 Å². The Morgan fingerprint density at radius 2 is 2.14 bits per heavy atom. The molecule has 1 aliphatic carbocycles. The van der Waals surface area contributed by atoms with E-state index in [1.807, 2.05) is 0 Å². The fourth-order valence-corrected chi connectivity index (χ4v) is 5.73. The van der Waals surface area contributed by atoms with Crippen LogP contribution in [0.3, 0.4) is 0 Å². The number of benzene rings is 1. The molecule has 1 unspecified atom stereocenters. The number of amides is 1. The Morgan fingerprint density at radius 1 is 1.39 bits per heavy atom. The third-order valence-electron chi connectivity index (χ3n) is 5.29. The van der Waals surface area contributed by atoms with Crippen molar-refractivity contribution in [3.8, 4) is 6.07 Å². The SMILES string of the molecule is Cc1ccc(C(C)(C)C)cc1SCC(=O)Nc1sc2c(c1C#N)CCC(C)C2. The number of nitrogens with zero attached hydrogens (tertiary/aromatic N) is 1. The van der Waals surface area contributed by atoms with Crippen molar-refractivity contribution in [1.29, 1.82) is 5.26 Å². The number of aryl methyl sites for hydroxylation is 1. The Kier molecular flexibility index (Phi) is 6.21. The van der Waals surface area contributed by atoms with Crippen molar-refractivity contribution >= 4 is 34.0 Å². The molecule has 0 bridgehead atoms. The second-order valence-corrected chi connectivity index (χ2v) is 10.9. The third kappa shape index (κ3) is 4.61. The van der Waals surface area contributed by atoms with E-state index in [0.29, 0.717) is 17.2 Å². The van der Waals surface area contributed by atoms with Crippen molar-refractivity contribution in [2.45, 2.75) is 64.2 Å². The van der Waals surface area contributed by atoms with Crippen LogP contribution in [-0.2, 0) is 23.1 Å². The van der Waals surface area contributed by atoms with Crippen LogP contribution in [0.5, 0.6) is 0 Å². The van der Waals surface area contributed by atoms with Crippen LogP contribution >= 0.6 is 23.1 Å². The van der Waals surface area contributed by atoms with Gasteiger partial charge in [-0.15, -0.1) is 23.1 Å². The first-order chi connectivity index (χ1) is 13.2. The second kappa shape index (κ2) is 8.31. The average molecular weight is 413 g/mol. The number of nitrogens with one attached hydrogen (secondary N) is 1. The predicted octanol–water partition coefficient (Wildman–Crippen LogP) is 6.08. The number of thioether (sulfide) groups is 1. The van der Waals surface area contributed by atoms with Gasteiger partial charge in [0.2, 0.25) is 5.91 Å². The zero-order chi connectivity index (χ0) is 20.5. The zero-order valence-electron chi connectivity index (χ0n) is 17.3. The zero-order valence-corrected chi connectivity index (χ0v) is 18.9. The van der Waals surface area contributed by atoms with Gasteiger partial charge in [-0.1, -0.05) is 39.8 Å². The summed E-state index contributed by atoms with van der Waals surface area (Å²) in [7, 11) is 0. The van der Waals surface area contributed by atoms with Crippen LogP contribution in [0.1, 0.15) is 61.2 Å². The number of hydrogen-bond donors (Lipinski definition) is 1. The van der Waals surface area contributed by atoms with Crippen LogP contribution in [-0.4, -0.2) is 11.7 Å². The first kappa shape index (κ1) is 21.0. The molecule has 1 amide bonds. The molecule has 5 heteroatoms. The van der Waals surface area contributed by atoms with Crippen molar-refractivity contribution in [3.63, 3.8) is 0 Å². The third-order valence-corrected chi connectivity index (χ3v) is 7.62. The van der Waals surface area contributed by atoms with E-state index in [1.54, 1.807) is 23.1 Å². The Bertz CT molecular complexity index is 931. The molecule has 0 saturated heterocycles. The molecule has 1 atom stereocenters. The van der Waals surface area contributed by atoms with E-state index in [2.05, 4.69) is 64.2 Å². The number of hydrogen-bond acceptors (Lipinski definition) is 4. The molecule has 1 aromatic carbocycles. The van der Waals surface area contributed by atoms with Gasteiger partial charge in [0.25, 0.3) is 0 Å². The Balaban J connectivity index is 1.70. The van der Waals surface area contributed by atoms with E-state index >= 15 is 0 Å². The molecule has 1 heterocycles. The molecular weight excluding hydrogens is 384 g/mol. The van der Waals surface area contributed by atoms with Gasteiger partial charge in [-0.05, 0) is 60.3 Å². The maximum atomic E-state index is 12.6. The number of carbonyl (C=O) groups is 1. The highest BCUT2D eigenvalue weighted by Gasteiger charge is 2.24.